The normalized spacial score (nSPS) is 16.1. The minimum Gasteiger partial charge on any atom is -0.370 e. The molecule has 0 spiro atoms. The SMILES string of the molecule is O=C(NCCC[NH+]1CCOCC1)c1cccc(Cl)c1Cl. The van der Waals surface area contributed by atoms with Gasteiger partial charge in [-0.3, -0.25) is 4.79 Å². The van der Waals surface area contributed by atoms with Gasteiger partial charge in [0.15, 0.2) is 0 Å². The lowest BCUT2D eigenvalue weighted by Gasteiger charge is -2.23. The lowest BCUT2D eigenvalue weighted by atomic mass is 10.2. The number of carbonyl (C=O) groups is 1. The van der Waals surface area contributed by atoms with Gasteiger partial charge in [0.2, 0.25) is 0 Å². The Kier molecular flexibility index (Phi) is 6.10. The van der Waals surface area contributed by atoms with Crippen LogP contribution >= 0.6 is 23.2 Å². The molecule has 20 heavy (non-hydrogen) atoms. The zero-order valence-electron chi connectivity index (χ0n) is 11.3. The third-order valence-corrected chi connectivity index (χ3v) is 4.21. The van der Waals surface area contributed by atoms with E-state index in [1.54, 1.807) is 18.2 Å². The van der Waals surface area contributed by atoms with Gasteiger partial charge in [0.1, 0.15) is 13.1 Å². The Hall–Kier alpha value is -0.810. The summed E-state index contributed by atoms with van der Waals surface area (Å²) >= 11 is 11.9. The van der Waals surface area contributed by atoms with Crippen molar-refractivity contribution in [3.63, 3.8) is 0 Å². The number of quaternary nitrogens is 1. The van der Waals surface area contributed by atoms with Crippen molar-refractivity contribution in [3.8, 4) is 0 Å². The molecule has 1 amide bonds. The lowest BCUT2D eigenvalue weighted by molar-refractivity contribution is -0.908. The molecule has 6 heteroatoms. The van der Waals surface area contributed by atoms with E-state index in [1.165, 1.54) is 4.90 Å². The van der Waals surface area contributed by atoms with Gasteiger partial charge in [-0.15, -0.1) is 0 Å². The Balaban J connectivity index is 1.73. The summed E-state index contributed by atoms with van der Waals surface area (Å²) in [6, 6.07) is 5.07. The van der Waals surface area contributed by atoms with Crippen molar-refractivity contribution in [1.82, 2.24) is 5.32 Å². The summed E-state index contributed by atoms with van der Waals surface area (Å²) in [5, 5.41) is 3.59. The number of rotatable bonds is 5. The molecule has 1 fully saturated rings. The maximum atomic E-state index is 12.0. The number of ether oxygens (including phenoxy) is 1. The van der Waals surface area contributed by atoms with Gasteiger partial charge in [-0.2, -0.15) is 0 Å². The molecule has 0 unspecified atom stereocenters. The number of carbonyl (C=O) groups excluding carboxylic acids is 1. The third kappa shape index (κ3) is 4.35. The quantitative estimate of drug-likeness (QED) is 0.797. The van der Waals surface area contributed by atoms with Gasteiger partial charge in [0.25, 0.3) is 5.91 Å². The van der Waals surface area contributed by atoms with Gasteiger partial charge in [-0.05, 0) is 12.1 Å². The first-order valence-corrected chi connectivity index (χ1v) is 7.57. The molecule has 0 radical (unpaired) electrons. The Morgan fingerprint density at radius 3 is 2.80 bits per heavy atom. The number of hydrogen-bond acceptors (Lipinski definition) is 2. The van der Waals surface area contributed by atoms with Crippen LogP contribution in [0.5, 0.6) is 0 Å². The summed E-state index contributed by atoms with van der Waals surface area (Å²) < 4.78 is 5.31. The molecule has 1 aromatic carbocycles. The van der Waals surface area contributed by atoms with Crippen LogP contribution in [0.4, 0.5) is 0 Å². The zero-order chi connectivity index (χ0) is 14.4. The molecule has 1 aliphatic heterocycles. The fourth-order valence-electron chi connectivity index (χ4n) is 2.22. The molecule has 0 saturated carbocycles. The highest BCUT2D eigenvalue weighted by Crippen LogP contribution is 2.25. The molecule has 1 aromatic rings. The fourth-order valence-corrected chi connectivity index (χ4v) is 2.61. The minimum atomic E-state index is -0.172. The van der Waals surface area contributed by atoms with Crippen molar-refractivity contribution in [2.45, 2.75) is 6.42 Å². The van der Waals surface area contributed by atoms with Crippen LogP contribution < -0.4 is 10.2 Å². The van der Waals surface area contributed by atoms with Crippen molar-refractivity contribution in [1.29, 1.82) is 0 Å². The smallest absolute Gasteiger partial charge is 0.252 e. The second kappa shape index (κ2) is 7.84. The van der Waals surface area contributed by atoms with Gasteiger partial charge in [-0.1, -0.05) is 29.3 Å². The van der Waals surface area contributed by atoms with Crippen LogP contribution in [-0.2, 0) is 4.74 Å². The molecule has 4 nitrogen and oxygen atoms in total. The van der Waals surface area contributed by atoms with Gasteiger partial charge in [-0.25, -0.2) is 0 Å². The third-order valence-electron chi connectivity index (χ3n) is 3.39. The lowest BCUT2D eigenvalue weighted by Crippen LogP contribution is -3.14. The molecule has 1 saturated heterocycles. The summed E-state index contributed by atoms with van der Waals surface area (Å²) in [7, 11) is 0. The standard InChI is InChI=1S/C14H18Cl2N2O2/c15-12-4-1-3-11(13(12)16)14(19)17-5-2-6-18-7-9-20-10-8-18/h1,3-4H,2,5-10H2,(H,17,19)/p+1. The van der Waals surface area contributed by atoms with Crippen LogP contribution in [0.25, 0.3) is 0 Å². The highest BCUT2D eigenvalue weighted by molar-refractivity contribution is 6.43. The monoisotopic (exact) mass is 317 g/mol. The first-order valence-electron chi connectivity index (χ1n) is 6.82. The van der Waals surface area contributed by atoms with E-state index in [4.69, 9.17) is 27.9 Å². The van der Waals surface area contributed by atoms with E-state index in [2.05, 4.69) is 5.32 Å². The average Bonchev–Trinajstić information content (AvgIpc) is 2.47. The summed E-state index contributed by atoms with van der Waals surface area (Å²) in [6.45, 7) is 5.46. The molecule has 0 aliphatic carbocycles. The van der Waals surface area contributed by atoms with Crippen LogP contribution in [0.15, 0.2) is 18.2 Å². The molecule has 2 rings (SSSR count). The van der Waals surface area contributed by atoms with Gasteiger partial charge >= 0.3 is 0 Å². The molecule has 110 valence electrons. The van der Waals surface area contributed by atoms with E-state index < -0.39 is 0 Å². The van der Waals surface area contributed by atoms with Crippen molar-refractivity contribution < 1.29 is 14.4 Å². The van der Waals surface area contributed by atoms with Crippen LogP contribution in [-0.4, -0.2) is 45.3 Å². The predicted molar refractivity (Wildman–Crippen MR) is 79.8 cm³/mol. The second-order valence-corrected chi connectivity index (χ2v) is 5.61. The van der Waals surface area contributed by atoms with Crippen molar-refractivity contribution in [2.24, 2.45) is 0 Å². The number of benzene rings is 1. The maximum absolute atomic E-state index is 12.0. The molecule has 1 aliphatic rings. The highest BCUT2D eigenvalue weighted by Gasteiger charge is 2.14. The molecule has 0 aromatic heterocycles. The van der Waals surface area contributed by atoms with Crippen LogP contribution in [0.2, 0.25) is 10.0 Å². The number of halogens is 2. The topological polar surface area (TPSA) is 42.8 Å². The number of hydrogen-bond donors (Lipinski definition) is 2. The van der Waals surface area contributed by atoms with Crippen molar-refractivity contribution >= 4 is 29.1 Å². The number of nitrogens with one attached hydrogen (secondary N) is 2. The van der Waals surface area contributed by atoms with Crippen LogP contribution in [0, 0.1) is 0 Å². The molecule has 0 atom stereocenters. The molecular weight excluding hydrogens is 299 g/mol. The average molecular weight is 318 g/mol. The Labute approximate surface area is 129 Å². The summed E-state index contributed by atoms with van der Waals surface area (Å²) in [5.74, 6) is -0.172. The number of morpholine rings is 1. The Morgan fingerprint density at radius 1 is 1.30 bits per heavy atom. The summed E-state index contributed by atoms with van der Waals surface area (Å²) in [6.07, 6.45) is 0.944. The van der Waals surface area contributed by atoms with Gasteiger partial charge < -0.3 is 15.0 Å². The largest absolute Gasteiger partial charge is 0.370 e. The molecule has 0 bridgehead atoms. The van der Waals surface area contributed by atoms with Gasteiger partial charge in [0, 0.05) is 13.0 Å². The van der Waals surface area contributed by atoms with Crippen molar-refractivity contribution in [3.05, 3.63) is 33.8 Å². The number of amides is 1. The summed E-state index contributed by atoms with van der Waals surface area (Å²) in [5.41, 5.74) is 0.429. The molecule has 2 N–H and O–H groups in total. The Bertz CT molecular complexity index is 462. The van der Waals surface area contributed by atoms with E-state index >= 15 is 0 Å². The van der Waals surface area contributed by atoms with E-state index in [0.29, 0.717) is 22.2 Å². The maximum Gasteiger partial charge on any atom is 0.252 e. The Morgan fingerprint density at radius 2 is 2.05 bits per heavy atom. The first-order chi connectivity index (χ1) is 9.68. The van der Waals surface area contributed by atoms with Crippen LogP contribution in [0.1, 0.15) is 16.8 Å². The van der Waals surface area contributed by atoms with Crippen LogP contribution in [0.3, 0.4) is 0 Å². The first kappa shape index (κ1) is 15.6. The van der Waals surface area contributed by atoms with E-state index in [9.17, 15) is 4.79 Å². The second-order valence-electron chi connectivity index (χ2n) is 4.82. The van der Waals surface area contributed by atoms with Crippen molar-refractivity contribution in [2.75, 3.05) is 39.4 Å². The van der Waals surface area contributed by atoms with E-state index in [-0.39, 0.29) is 5.91 Å². The fraction of sp³-hybridized carbons (Fsp3) is 0.500. The molecular formula is C14H19Cl2N2O2+. The van der Waals surface area contributed by atoms with Gasteiger partial charge in [0.05, 0.1) is 35.4 Å². The highest BCUT2D eigenvalue weighted by atomic mass is 35.5. The summed E-state index contributed by atoms with van der Waals surface area (Å²) in [4.78, 5) is 13.5. The predicted octanol–water partition coefficient (Wildman–Crippen LogP) is 1.03. The molecule has 1 heterocycles. The van der Waals surface area contributed by atoms with E-state index in [0.717, 1.165) is 39.3 Å². The van der Waals surface area contributed by atoms with E-state index in [1.807, 2.05) is 0 Å². The minimum absolute atomic E-state index is 0.172. The zero-order valence-corrected chi connectivity index (χ0v) is 12.8.